The molecule has 90 valence electrons. The SMILES string of the molecule is COc1ccc(Cl)c(NS(=O)(=O)C(C)C)c1. The highest BCUT2D eigenvalue weighted by atomic mass is 35.5. The summed E-state index contributed by atoms with van der Waals surface area (Å²) in [5.41, 5.74) is 0.328. The fraction of sp³-hybridized carbons (Fsp3) is 0.400. The van der Waals surface area contributed by atoms with E-state index in [1.165, 1.54) is 7.11 Å². The Bertz CT molecular complexity index is 471. The Labute approximate surface area is 101 Å². The number of hydrogen-bond donors (Lipinski definition) is 1. The van der Waals surface area contributed by atoms with Gasteiger partial charge >= 0.3 is 0 Å². The molecule has 1 rings (SSSR count). The normalized spacial score (nSPS) is 11.6. The second kappa shape index (κ2) is 4.93. The zero-order valence-electron chi connectivity index (χ0n) is 9.32. The Morgan fingerprint density at radius 1 is 1.38 bits per heavy atom. The minimum Gasteiger partial charge on any atom is -0.497 e. The van der Waals surface area contributed by atoms with Crippen molar-refractivity contribution >= 4 is 27.3 Å². The first-order valence-corrected chi connectivity index (χ1v) is 6.64. The lowest BCUT2D eigenvalue weighted by atomic mass is 10.3. The molecule has 0 aromatic heterocycles. The summed E-state index contributed by atoms with van der Waals surface area (Å²) in [6, 6.07) is 4.79. The lowest BCUT2D eigenvalue weighted by molar-refractivity contribution is 0.415. The number of benzene rings is 1. The molecular formula is C10H14ClNO3S. The first-order chi connectivity index (χ1) is 7.36. The summed E-state index contributed by atoms with van der Waals surface area (Å²) in [6.07, 6.45) is 0. The molecule has 0 saturated heterocycles. The van der Waals surface area contributed by atoms with Crippen LogP contribution in [0.5, 0.6) is 5.75 Å². The van der Waals surface area contributed by atoms with Crippen LogP contribution in [0.25, 0.3) is 0 Å². The maximum absolute atomic E-state index is 11.6. The first-order valence-electron chi connectivity index (χ1n) is 4.72. The van der Waals surface area contributed by atoms with Crippen molar-refractivity contribution in [3.63, 3.8) is 0 Å². The largest absolute Gasteiger partial charge is 0.497 e. The molecule has 0 aliphatic rings. The van der Waals surface area contributed by atoms with Gasteiger partial charge in [0.05, 0.1) is 23.1 Å². The summed E-state index contributed by atoms with van der Waals surface area (Å²) in [5.74, 6) is 0.547. The maximum atomic E-state index is 11.6. The van der Waals surface area contributed by atoms with Crippen LogP contribution in [0.2, 0.25) is 5.02 Å². The van der Waals surface area contributed by atoms with E-state index in [0.717, 1.165) is 0 Å². The van der Waals surface area contributed by atoms with E-state index in [9.17, 15) is 8.42 Å². The number of sulfonamides is 1. The van der Waals surface area contributed by atoms with Gasteiger partial charge in [0.25, 0.3) is 0 Å². The van der Waals surface area contributed by atoms with Crippen LogP contribution < -0.4 is 9.46 Å². The van der Waals surface area contributed by atoms with Gasteiger partial charge in [-0.3, -0.25) is 4.72 Å². The van der Waals surface area contributed by atoms with Crippen molar-refractivity contribution in [2.75, 3.05) is 11.8 Å². The molecule has 0 atom stereocenters. The third-order valence-electron chi connectivity index (χ3n) is 2.05. The molecule has 0 aliphatic heterocycles. The molecule has 0 amide bonds. The molecule has 0 aliphatic carbocycles. The van der Waals surface area contributed by atoms with Crippen LogP contribution in [0, 0.1) is 0 Å². The average Bonchev–Trinajstić information content (AvgIpc) is 2.21. The molecule has 1 aromatic rings. The average molecular weight is 264 g/mol. The first kappa shape index (κ1) is 13.1. The van der Waals surface area contributed by atoms with Crippen molar-refractivity contribution in [2.24, 2.45) is 0 Å². The van der Waals surface area contributed by atoms with Gasteiger partial charge in [0.15, 0.2) is 0 Å². The van der Waals surface area contributed by atoms with Gasteiger partial charge in [-0.2, -0.15) is 0 Å². The van der Waals surface area contributed by atoms with Gasteiger partial charge in [-0.1, -0.05) is 11.6 Å². The molecule has 0 heterocycles. The van der Waals surface area contributed by atoms with Crippen LogP contribution in [-0.2, 0) is 10.0 Å². The highest BCUT2D eigenvalue weighted by Crippen LogP contribution is 2.27. The zero-order valence-corrected chi connectivity index (χ0v) is 10.9. The standard InChI is InChI=1S/C10H14ClNO3S/c1-7(2)16(13,14)12-10-6-8(15-3)4-5-9(10)11/h4-7,12H,1-3H3. The van der Waals surface area contributed by atoms with E-state index in [1.54, 1.807) is 32.0 Å². The fourth-order valence-electron chi connectivity index (χ4n) is 0.981. The van der Waals surface area contributed by atoms with Crippen LogP contribution in [-0.4, -0.2) is 20.8 Å². The van der Waals surface area contributed by atoms with Crippen molar-refractivity contribution in [1.82, 2.24) is 0 Å². The van der Waals surface area contributed by atoms with E-state index in [4.69, 9.17) is 16.3 Å². The number of halogens is 1. The Morgan fingerprint density at radius 2 is 2.00 bits per heavy atom. The van der Waals surface area contributed by atoms with Gasteiger partial charge in [-0.25, -0.2) is 8.42 Å². The van der Waals surface area contributed by atoms with Crippen molar-refractivity contribution in [3.05, 3.63) is 23.2 Å². The summed E-state index contributed by atoms with van der Waals surface area (Å²) in [4.78, 5) is 0. The van der Waals surface area contributed by atoms with Gasteiger partial charge in [-0.15, -0.1) is 0 Å². The number of nitrogens with one attached hydrogen (secondary N) is 1. The lowest BCUT2D eigenvalue weighted by Crippen LogP contribution is -2.22. The van der Waals surface area contributed by atoms with E-state index < -0.39 is 15.3 Å². The smallest absolute Gasteiger partial charge is 0.235 e. The molecule has 0 radical (unpaired) electrons. The predicted octanol–water partition coefficient (Wildman–Crippen LogP) is 2.50. The Hall–Kier alpha value is -0.940. The van der Waals surface area contributed by atoms with Crippen molar-refractivity contribution in [1.29, 1.82) is 0 Å². The molecule has 0 saturated carbocycles. The summed E-state index contributed by atoms with van der Waals surface area (Å²) >= 11 is 5.88. The number of hydrogen-bond acceptors (Lipinski definition) is 3. The van der Waals surface area contributed by atoms with Gasteiger partial charge < -0.3 is 4.74 Å². The van der Waals surface area contributed by atoms with E-state index in [0.29, 0.717) is 16.5 Å². The molecule has 6 heteroatoms. The summed E-state index contributed by atoms with van der Waals surface area (Å²) < 4.78 is 30.7. The quantitative estimate of drug-likeness (QED) is 0.908. The molecule has 1 N–H and O–H groups in total. The Balaban J connectivity index is 3.06. The van der Waals surface area contributed by atoms with Gasteiger partial charge in [-0.05, 0) is 26.0 Å². The van der Waals surface area contributed by atoms with Crippen LogP contribution in [0.15, 0.2) is 18.2 Å². The van der Waals surface area contributed by atoms with Gasteiger partial charge in [0.1, 0.15) is 5.75 Å². The highest BCUT2D eigenvalue weighted by molar-refractivity contribution is 7.93. The predicted molar refractivity (Wildman–Crippen MR) is 65.7 cm³/mol. The summed E-state index contributed by atoms with van der Waals surface area (Å²) in [6.45, 7) is 3.19. The molecule has 1 aromatic carbocycles. The van der Waals surface area contributed by atoms with Gasteiger partial charge in [0, 0.05) is 6.07 Å². The van der Waals surface area contributed by atoms with E-state index in [-0.39, 0.29) is 0 Å². The second-order valence-corrected chi connectivity index (χ2v) is 6.19. The summed E-state index contributed by atoms with van der Waals surface area (Å²) in [5, 5.41) is -0.181. The topological polar surface area (TPSA) is 55.4 Å². The molecule has 0 bridgehead atoms. The number of ether oxygens (including phenoxy) is 1. The van der Waals surface area contributed by atoms with Crippen LogP contribution in [0.1, 0.15) is 13.8 Å². The molecule has 4 nitrogen and oxygen atoms in total. The number of anilines is 1. The molecular weight excluding hydrogens is 250 g/mol. The minimum atomic E-state index is -3.39. The Kier molecular flexibility index (Phi) is 4.04. The second-order valence-electron chi connectivity index (χ2n) is 3.54. The van der Waals surface area contributed by atoms with E-state index in [2.05, 4.69) is 4.72 Å². The van der Waals surface area contributed by atoms with Crippen molar-refractivity contribution in [2.45, 2.75) is 19.1 Å². The van der Waals surface area contributed by atoms with E-state index >= 15 is 0 Å². The summed E-state index contributed by atoms with van der Waals surface area (Å²) in [7, 11) is -1.88. The molecule has 0 fully saturated rings. The third kappa shape index (κ3) is 3.02. The van der Waals surface area contributed by atoms with Gasteiger partial charge in [0.2, 0.25) is 10.0 Å². The van der Waals surface area contributed by atoms with E-state index in [1.807, 2.05) is 0 Å². The fourth-order valence-corrected chi connectivity index (χ4v) is 1.91. The number of rotatable bonds is 4. The zero-order chi connectivity index (χ0) is 12.3. The van der Waals surface area contributed by atoms with Crippen molar-refractivity contribution < 1.29 is 13.2 Å². The highest BCUT2D eigenvalue weighted by Gasteiger charge is 2.17. The Morgan fingerprint density at radius 3 is 2.50 bits per heavy atom. The maximum Gasteiger partial charge on any atom is 0.235 e. The third-order valence-corrected chi connectivity index (χ3v) is 4.12. The monoisotopic (exact) mass is 263 g/mol. The van der Waals surface area contributed by atoms with Crippen LogP contribution >= 0.6 is 11.6 Å². The van der Waals surface area contributed by atoms with Crippen LogP contribution in [0.4, 0.5) is 5.69 Å². The van der Waals surface area contributed by atoms with Crippen molar-refractivity contribution in [3.8, 4) is 5.75 Å². The number of methoxy groups -OCH3 is 1. The lowest BCUT2D eigenvalue weighted by Gasteiger charge is -2.12. The molecule has 0 spiro atoms. The molecule has 0 unspecified atom stereocenters. The van der Waals surface area contributed by atoms with Crippen LogP contribution in [0.3, 0.4) is 0 Å². The minimum absolute atomic E-state index is 0.328. The molecule has 16 heavy (non-hydrogen) atoms.